The van der Waals surface area contributed by atoms with E-state index in [1.54, 1.807) is 6.92 Å². The molecule has 0 fully saturated rings. The number of nitrogen functional groups attached to an aromatic ring is 1. The maximum Gasteiger partial charge on any atom is 0.273 e. The minimum Gasteiger partial charge on any atom is -0.434 e. The number of aryl methyl sites for hydroxylation is 1. The number of H-pyrrole nitrogens is 1. The van der Waals surface area contributed by atoms with Gasteiger partial charge in [-0.3, -0.25) is 4.79 Å². The summed E-state index contributed by atoms with van der Waals surface area (Å²) in [7, 11) is 0. The molecule has 0 atom stereocenters. The van der Waals surface area contributed by atoms with Crippen molar-refractivity contribution in [2.75, 3.05) is 5.73 Å². The van der Waals surface area contributed by atoms with Crippen LogP contribution in [-0.2, 0) is 6.54 Å². The van der Waals surface area contributed by atoms with E-state index < -0.39 is 11.7 Å². The number of hydrogen-bond acceptors (Lipinski definition) is 5. The Bertz CT molecular complexity index is 1040. The number of imidazole rings is 1. The maximum absolute atomic E-state index is 14.9. The van der Waals surface area contributed by atoms with Crippen LogP contribution in [0.2, 0.25) is 15.3 Å². The van der Waals surface area contributed by atoms with Gasteiger partial charge in [0.25, 0.3) is 5.91 Å². The second-order valence-electron chi connectivity index (χ2n) is 5.68. The summed E-state index contributed by atoms with van der Waals surface area (Å²) < 4.78 is 20.3. The Labute approximate surface area is 174 Å². The van der Waals surface area contributed by atoms with Crippen LogP contribution in [-0.4, -0.2) is 20.9 Å². The number of carbonyl (C=O) groups is 1. The lowest BCUT2D eigenvalue weighted by Gasteiger charge is -2.12. The fourth-order valence-electron chi connectivity index (χ4n) is 2.32. The van der Waals surface area contributed by atoms with Gasteiger partial charge in [0.15, 0.2) is 17.3 Å². The summed E-state index contributed by atoms with van der Waals surface area (Å²) in [5, 5.41) is 2.73. The summed E-state index contributed by atoms with van der Waals surface area (Å²) in [6.45, 7) is 1.51. The Kier molecular flexibility index (Phi) is 5.93. The highest BCUT2D eigenvalue weighted by Crippen LogP contribution is 2.34. The van der Waals surface area contributed by atoms with Crippen LogP contribution < -0.4 is 15.8 Å². The van der Waals surface area contributed by atoms with Crippen molar-refractivity contribution in [1.82, 2.24) is 20.3 Å². The summed E-state index contributed by atoms with van der Waals surface area (Å²) in [4.78, 5) is 22.8. The van der Waals surface area contributed by atoms with E-state index in [9.17, 15) is 9.18 Å². The third kappa shape index (κ3) is 4.46. The molecule has 0 bridgehead atoms. The van der Waals surface area contributed by atoms with Crippen molar-refractivity contribution in [3.05, 3.63) is 62.5 Å². The van der Waals surface area contributed by atoms with Gasteiger partial charge in [-0.2, -0.15) is 0 Å². The van der Waals surface area contributed by atoms with Gasteiger partial charge in [-0.15, -0.1) is 0 Å². The van der Waals surface area contributed by atoms with Crippen LogP contribution in [0.3, 0.4) is 0 Å². The van der Waals surface area contributed by atoms with Crippen LogP contribution in [0.5, 0.6) is 11.6 Å². The Morgan fingerprint density at radius 1 is 1.29 bits per heavy atom. The number of hydrogen-bond donors (Lipinski definition) is 3. The first-order chi connectivity index (χ1) is 13.2. The minimum absolute atomic E-state index is 0.0129. The predicted molar refractivity (Wildman–Crippen MR) is 105 cm³/mol. The zero-order valence-electron chi connectivity index (χ0n) is 14.3. The van der Waals surface area contributed by atoms with Gasteiger partial charge in [-0.05, 0) is 19.1 Å². The van der Waals surface area contributed by atoms with Crippen molar-refractivity contribution in [2.24, 2.45) is 0 Å². The summed E-state index contributed by atoms with van der Waals surface area (Å²) >= 11 is 17.8. The number of carbonyl (C=O) groups excluding carboxylic acids is 1. The first-order valence-corrected chi connectivity index (χ1v) is 8.96. The predicted octanol–water partition coefficient (Wildman–Crippen LogP) is 4.52. The van der Waals surface area contributed by atoms with Crippen molar-refractivity contribution in [3.63, 3.8) is 0 Å². The molecule has 0 saturated carbocycles. The highest BCUT2D eigenvalue weighted by molar-refractivity contribution is 6.32. The van der Waals surface area contributed by atoms with Crippen molar-refractivity contribution in [2.45, 2.75) is 13.5 Å². The number of rotatable bonds is 5. The number of aromatic nitrogens is 3. The minimum atomic E-state index is -0.766. The second-order valence-corrected chi connectivity index (χ2v) is 6.85. The van der Waals surface area contributed by atoms with Crippen molar-refractivity contribution >= 4 is 46.4 Å². The molecule has 1 aromatic carbocycles. The fourth-order valence-corrected chi connectivity index (χ4v) is 2.98. The van der Waals surface area contributed by atoms with Gasteiger partial charge < -0.3 is 20.8 Å². The number of nitrogens with two attached hydrogens (primary N) is 1. The van der Waals surface area contributed by atoms with E-state index in [4.69, 9.17) is 45.3 Å². The van der Waals surface area contributed by atoms with Crippen molar-refractivity contribution in [3.8, 4) is 11.6 Å². The maximum atomic E-state index is 14.9. The van der Waals surface area contributed by atoms with E-state index in [2.05, 4.69) is 20.3 Å². The molecule has 2 heterocycles. The van der Waals surface area contributed by atoms with Gasteiger partial charge in [0.05, 0.1) is 5.02 Å². The van der Waals surface area contributed by atoms with Crippen molar-refractivity contribution in [1.29, 1.82) is 0 Å². The zero-order chi connectivity index (χ0) is 20.4. The van der Waals surface area contributed by atoms with E-state index in [0.29, 0.717) is 11.5 Å². The van der Waals surface area contributed by atoms with Gasteiger partial charge in [-0.1, -0.05) is 40.9 Å². The molecule has 2 aromatic heterocycles. The number of amides is 1. The van der Waals surface area contributed by atoms with Crippen LogP contribution in [0.4, 0.5) is 10.1 Å². The average Bonchev–Trinajstić information content (AvgIpc) is 2.95. The molecule has 0 unspecified atom stereocenters. The molecule has 0 radical (unpaired) electrons. The molecule has 0 aliphatic heterocycles. The smallest absolute Gasteiger partial charge is 0.273 e. The Hall–Kier alpha value is -2.55. The van der Waals surface area contributed by atoms with E-state index in [1.165, 1.54) is 24.3 Å². The van der Waals surface area contributed by atoms with Gasteiger partial charge >= 0.3 is 0 Å². The number of benzene rings is 1. The highest BCUT2D eigenvalue weighted by Gasteiger charge is 2.19. The van der Waals surface area contributed by atoms with E-state index in [0.717, 1.165) is 0 Å². The summed E-state index contributed by atoms with van der Waals surface area (Å²) in [5.74, 6) is -1.13. The largest absolute Gasteiger partial charge is 0.434 e. The lowest BCUT2D eigenvalue weighted by Crippen LogP contribution is -2.24. The Morgan fingerprint density at radius 3 is 2.68 bits per heavy atom. The monoisotopic (exact) mass is 443 g/mol. The molecule has 7 nitrogen and oxygen atoms in total. The number of pyridine rings is 1. The lowest BCUT2D eigenvalue weighted by molar-refractivity contribution is 0.0946. The fraction of sp³-hybridized carbons (Fsp3) is 0.118. The first-order valence-electron chi connectivity index (χ1n) is 7.82. The number of aromatic amines is 1. The number of ether oxygens (including phenoxy) is 1. The normalized spacial score (nSPS) is 10.8. The average molecular weight is 445 g/mol. The molecule has 0 aliphatic carbocycles. The van der Waals surface area contributed by atoms with Crippen LogP contribution in [0, 0.1) is 12.7 Å². The van der Waals surface area contributed by atoms with Gasteiger partial charge in [0.2, 0.25) is 5.88 Å². The molecule has 3 rings (SSSR count). The Balaban J connectivity index is 1.80. The van der Waals surface area contributed by atoms with Crippen LogP contribution >= 0.6 is 34.8 Å². The van der Waals surface area contributed by atoms with Gasteiger partial charge in [-0.25, -0.2) is 14.4 Å². The first kappa shape index (κ1) is 20.2. The molecule has 0 saturated heterocycles. The summed E-state index contributed by atoms with van der Waals surface area (Å²) in [6.07, 6.45) is 0. The van der Waals surface area contributed by atoms with Crippen LogP contribution in [0.1, 0.15) is 21.9 Å². The van der Waals surface area contributed by atoms with Crippen LogP contribution in [0.25, 0.3) is 0 Å². The van der Waals surface area contributed by atoms with E-state index in [-0.39, 0.29) is 44.8 Å². The number of anilines is 1. The summed E-state index contributed by atoms with van der Waals surface area (Å²) in [6, 6.07) is 5.64. The lowest BCUT2D eigenvalue weighted by atomic mass is 10.2. The third-order valence-corrected chi connectivity index (χ3v) is 4.33. The number of nitrogens with one attached hydrogen (secondary N) is 2. The zero-order valence-corrected chi connectivity index (χ0v) is 16.6. The van der Waals surface area contributed by atoms with E-state index >= 15 is 0 Å². The van der Waals surface area contributed by atoms with Gasteiger partial charge in [0, 0.05) is 23.9 Å². The standard InChI is InChI=1S/C17H13Cl3FN5O2/c1-7-24-14(16(20)25-7)17(27)23-6-8-2-3-10(18)15(13(8)21)28-12-5-9(22)4-11(19)26-12/h2-5H,6H2,1H3,(H2,22,26)(H,23,27)(H,24,25). The molecular weight excluding hydrogens is 432 g/mol. The van der Waals surface area contributed by atoms with Gasteiger partial charge in [0.1, 0.15) is 16.1 Å². The Morgan fingerprint density at radius 2 is 2.04 bits per heavy atom. The molecular formula is C17H13Cl3FN5O2. The molecule has 146 valence electrons. The summed E-state index contributed by atoms with van der Waals surface area (Å²) in [5.41, 5.74) is 6.11. The topological polar surface area (TPSA) is 106 Å². The SMILES string of the molecule is Cc1nc(C(=O)NCc2ccc(Cl)c(Oc3cc(N)cc(Cl)n3)c2F)c(Cl)[nH]1. The molecule has 28 heavy (non-hydrogen) atoms. The molecule has 0 aliphatic rings. The second kappa shape index (κ2) is 8.22. The highest BCUT2D eigenvalue weighted by atomic mass is 35.5. The molecule has 4 N–H and O–H groups in total. The molecule has 3 aromatic rings. The molecule has 0 spiro atoms. The van der Waals surface area contributed by atoms with Crippen LogP contribution in [0.15, 0.2) is 24.3 Å². The molecule has 1 amide bonds. The third-order valence-electron chi connectivity index (χ3n) is 3.56. The molecule has 11 heteroatoms. The van der Waals surface area contributed by atoms with Crippen molar-refractivity contribution < 1.29 is 13.9 Å². The number of nitrogens with zero attached hydrogens (tertiary/aromatic N) is 2. The number of halogens is 4. The quantitative estimate of drug-likeness (QED) is 0.502. The van der Waals surface area contributed by atoms with E-state index in [1.807, 2.05) is 0 Å².